The molecule has 1 heterocycles. The maximum Gasteiger partial charge on any atom is 0.306 e. The summed E-state index contributed by atoms with van der Waals surface area (Å²) in [5, 5.41) is 9.19. The molecule has 1 N–H and O–H groups in total. The lowest BCUT2D eigenvalue weighted by molar-refractivity contribution is -0.142. The summed E-state index contributed by atoms with van der Waals surface area (Å²) in [4.78, 5) is 13.6. The van der Waals surface area contributed by atoms with E-state index in [4.69, 9.17) is 0 Å². The Labute approximate surface area is 112 Å². The van der Waals surface area contributed by atoms with Crippen molar-refractivity contribution in [3.05, 3.63) is 0 Å². The van der Waals surface area contributed by atoms with Crippen molar-refractivity contribution in [2.24, 2.45) is 11.3 Å². The lowest BCUT2D eigenvalue weighted by atomic mass is 9.82. The molecule has 3 nitrogen and oxygen atoms in total. The molecule has 0 bridgehead atoms. The number of rotatable bonds is 7. The van der Waals surface area contributed by atoms with Gasteiger partial charge in [-0.2, -0.15) is 0 Å². The number of hydrogen-bond donors (Lipinski definition) is 1. The van der Waals surface area contributed by atoms with Crippen LogP contribution in [0, 0.1) is 11.3 Å². The highest BCUT2D eigenvalue weighted by Gasteiger charge is 2.26. The van der Waals surface area contributed by atoms with Crippen molar-refractivity contribution in [3.8, 4) is 0 Å². The van der Waals surface area contributed by atoms with Crippen molar-refractivity contribution in [1.82, 2.24) is 4.90 Å². The third-order valence-electron chi connectivity index (χ3n) is 4.26. The third-order valence-corrected chi connectivity index (χ3v) is 4.26. The topological polar surface area (TPSA) is 40.5 Å². The Kier molecular flexibility index (Phi) is 6.13. The van der Waals surface area contributed by atoms with Crippen LogP contribution in [0.5, 0.6) is 0 Å². The zero-order chi connectivity index (χ0) is 13.6. The first kappa shape index (κ1) is 15.5. The molecule has 0 amide bonds. The van der Waals surface area contributed by atoms with Gasteiger partial charge in [-0.3, -0.25) is 4.79 Å². The molecule has 0 spiro atoms. The van der Waals surface area contributed by atoms with Gasteiger partial charge in [-0.15, -0.1) is 0 Å². The fraction of sp³-hybridized carbons (Fsp3) is 0.933. The second-order valence-electron chi connectivity index (χ2n) is 6.47. The SMILES string of the molecule is CCCCC(CCN1CCC(C)(C)CC1)C(=O)O. The largest absolute Gasteiger partial charge is 0.481 e. The monoisotopic (exact) mass is 255 g/mol. The first-order valence-electron chi connectivity index (χ1n) is 7.40. The van der Waals surface area contributed by atoms with Crippen LogP contribution in [0.2, 0.25) is 0 Å². The number of hydrogen-bond acceptors (Lipinski definition) is 2. The summed E-state index contributed by atoms with van der Waals surface area (Å²) in [6.45, 7) is 9.99. The van der Waals surface area contributed by atoms with E-state index >= 15 is 0 Å². The minimum absolute atomic E-state index is 0.139. The Bertz CT molecular complexity index is 253. The standard InChI is InChI=1S/C15H29NO2/c1-4-5-6-13(14(17)18)7-10-16-11-8-15(2,3)9-12-16/h13H,4-12H2,1-3H3,(H,17,18). The first-order valence-corrected chi connectivity index (χ1v) is 7.40. The van der Waals surface area contributed by atoms with E-state index in [2.05, 4.69) is 25.7 Å². The van der Waals surface area contributed by atoms with Crippen LogP contribution >= 0.6 is 0 Å². The minimum atomic E-state index is -0.610. The van der Waals surface area contributed by atoms with Gasteiger partial charge in [-0.05, 0) is 50.7 Å². The highest BCUT2D eigenvalue weighted by Crippen LogP contribution is 2.30. The highest BCUT2D eigenvalue weighted by atomic mass is 16.4. The van der Waals surface area contributed by atoms with Gasteiger partial charge in [-0.1, -0.05) is 33.6 Å². The molecule has 0 aliphatic carbocycles. The second kappa shape index (κ2) is 7.13. The van der Waals surface area contributed by atoms with Crippen LogP contribution in [0.3, 0.4) is 0 Å². The molecule has 0 aromatic rings. The van der Waals surface area contributed by atoms with Gasteiger partial charge >= 0.3 is 5.97 Å². The van der Waals surface area contributed by atoms with E-state index in [9.17, 15) is 9.90 Å². The summed E-state index contributed by atoms with van der Waals surface area (Å²) in [5.41, 5.74) is 0.477. The molecule has 3 heteroatoms. The molecular weight excluding hydrogens is 226 g/mol. The van der Waals surface area contributed by atoms with Crippen LogP contribution in [-0.2, 0) is 4.79 Å². The van der Waals surface area contributed by atoms with Crippen LogP contribution in [0.4, 0.5) is 0 Å². The Balaban J connectivity index is 2.28. The molecular formula is C15H29NO2. The van der Waals surface area contributed by atoms with Crippen molar-refractivity contribution in [1.29, 1.82) is 0 Å². The van der Waals surface area contributed by atoms with E-state index < -0.39 is 5.97 Å². The summed E-state index contributed by atoms with van der Waals surface area (Å²) < 4.78 is 0. The Morgan fingerprint density at radius 1 is 1.28 bits per heavy atom. The second-order valence-corrected chi connectivity index (χ2v) is 6.47. The van der Waals surface area contributed by atoms with Crippen molar-refractivity contribution >= 4 is 5.97 Å². The lowest BCUT2D eigenvalue weighted by Gasteiger charge is -2.37. The molecule has 0 aromatic carbocycles. The predicted octanol–water partition coefficient (Wildman–Crippen LogP) is 3.39. The van der Waals surface area contributed by atoms with E-state index in [1.165, 1.54) is 12.8 Å². The van der Waals surface area contributed by atoms with Gasteiger partial charge < -0.3 is 10.0 Å². The van der Waals surface area contributed by atoms with Crippen LogP contribution in [0.15, 0.2) is 0 Å². The van der Waals surface area contributed by atoms with Crippen LogP contribution < -0.4 is 0 Å². The van der Waals surface area contributed by atoms with Gasteiger partial charge in [0.15, 0.2) is 0 Å². The average molecular weight is 255 g/mol. The quantitative estimate of drug-likeness (QED) is 0.758. The van der Waals surface area contributed by atoms with E-state index in [1.807, 2.05) is 0 Å². The predicted molar refractivity (Wildman–Crippen MR) is 74.7 cm³/mol. The van der Waals surface area contributed by atoms with E-state index in [1.54, 1.807) is 0 Å². The van der Waals surface area contributed by atoms with Gasteiger partial charge in [0.25, 0.3) is 0 Å². The number of aliphatic carboxylic acids is 1. The molecule has 0 radical (unpaired) electrons. The maximum absolute atomic E-state index is 11.2. The number of carboxylic acid groups (broad SMARTS) is 1. The normalized spacial score (nSPS) is 21.7. The smallest absolute Gasteiger partial charge is 0.306 e. The van der Waals surface area contributed by atoms with Gasteiger partial charge in [0.05, 0.1) is 5.92 Å². The number of likely N-dealkylation sites (tertiary alicyclic amines) is 1. The van der Waals surface area contributed by atoms with Crippen LogP contribution in [0.25, 0.3) is 0 Å². The molecule has 1 aliphatic rings. The van der Waals surface area contributed by atoms with Gasteiger partial charge in [0.2, 0.25) is 0 Å². The lowest BCUT2D eigenvalue weighted by Crippen LogP contribution is -2.38. The fourth-order valence-corrected chi connectivity index (χ4v) is 2.56. The van der Waals surface area contributed by atoms with Crippen molar-refractivity contribution in [2.75, 3.05) is 19.6 Å². The van der Waals surface area contributed by atoms with Gasteiger partial charge in [0, 0.05) is 0 Å². The van der Waals surface area contributed by atoms with Crippen molar-refractivity contribution in [2.45, 2.75) is 59.3 Å². The summed E-state index contributed by atoms with van der Waals surface area (Å²) in [6, 6.07) is 0. The van der Waals surface area contributed by atoms with Gasteiger partial charge in [0.1, 0.15) is 0 Å². The Morgan fingerprint density at radius 2 is 1.89 bits per heavy atom. The molecule has 1 unspecified atom stereocenters. The highest BCUT2D eigenvalue weighted by molar-refractivity contribution is 5.69. The van der Waals surface area contributed by atoms with Crippen molar-refractivity contribution in [3.63, 3.8) is 0 Å². The summed E-state index contributed by atoms with van der Waals surface area (Å²) in [6.07, 6.45) is 6.24. The average Bonchev–Trinajstić information content (AvgIpc) is 2.30. The zero-order valence-electron chi connectivity index (χ0n) is 12.2. The molecule has 1 atom stereocenters. The zero-order valence-corrected chi connectivity index (χ0v) is 12.2. The fourth-order valence-electron chi connectivity index (χ4n) is 2.56. The third kappa shape index (κ3) is 5.38. The number of carboxylic acids is 1. The summed E-state index contributed by atoms with van der Waals surface area (Å²) >= 11 is 0. The van der Waals surface area contributed by atoms with Gasteiger partial charge in [-0.25, -0.2) is 0 Å². The number of carbonyl (C=O) groups is 1. The number of piperidine rings is 1. The Hall–Kier alpha value is -0.570. The van der Waals surface area contributed by atoms with Crippen molar-refractivity contribution < 1.29 is 9.90 Å². The maximum atomic E-state index is 11.2. The number of unbranched alkanes of at least 4 members (excludes halogenated alkanes) is 1. The summed E-state index contributed by atoms with van der Waals surface area (Å²) in [5.74, 6) is -0.749. The minimum Gasteiger partial charge on any atom is -0.481 e. The molecule has 0 saturated carbocycles. The molecule has 1 rings (SSSR count). The van der Waals surface area contributed by atoms with Crippen LogP contribution in [-0.4, -0.2) is 35.6 Å². The molecule has 1 saturated heterocycles. The van der Waals surface area contributed by atoms with Crippen LogP contribution in [0.1, 0.15) is 59.3 Å². The first-order chi connectivity index (χ1) is 8.44. The molecule has 0 aromatic heterocycles. The molecule has 18 heavy (non-hydrogen) atoms. The molecule has 106 valence electrons. The van der Waals surface area contributed by atoms with E-state index in [-0.39, 0.29) is 5.92 Å². The molecule has 1 aliphatic heterocycles. The Morgan fingerprint density at radius 3 is 2.39 bits per heavy atom. The molecule has 1 fully saturated rings. The number of nitrogens with zero attached hydrogens (tertiary/aromatic N) is 1. The van der Waals surface area contributed by atoms with E-state index in [0.717, 1.165) is 45.3 Å². The summed E-state index contributed by atoms with van der Waals surface area (Å²) in [7, 11) is 0. The van der Waals surface area contributed by atoms with E-state index in [0.29, 0.717) is 5.41 Å².